The first-order chi connectivity index (χ1) is 5.08. The Bertz CT molecular complexity index is 86.3. The Balaban J connectivity index is 0. The predicted molar refractivity (Wildman–Crippen MR) is 45.7 cm³/mol. The van der Waals surface area contributed by atoms with Crippen molar-refractivity contribution < 1.29 is 11.9 Å². The Labute approximate surface area is 73.0 Å². The van der Waals surface area contributed by atoms with Crippen LogP contribution in [0.4, 0.5) is 0 Å². The second-order valence-corrected chi connectivity index (χ2v) is 3.09. The van der Waals surface area contributed by atoms with Gasteiger partial charge in [0.15, 0.2) is 0 Å². The first-order valence-corrected chi connectivity index (χ1v) is 6.45. The van der Waals surface area contributed by atoms with Gasteiger partial charge in [-0.2, -0.15) is 0 Å². The van der Waals surface area contributed by atoms with Gasteiger partial charge in [0, 0.05) is 0 Å². The molecule has 0 aromatic carbocycles. The molecule has 0 bridgehead atoms. The summed E-state index contributed by atoms with van der Waals surface area (Å²) in [5.74, 6) is 0. The molecule has 0 aromatic heterocycles. The van der Waals surface area contributed by atoms with Crippen molar-refractivity contribution in [3.8, 4) is 0 Å². The first kappa shape index (κ1) is 13.8. The second kappa shape index (κ2) is 10.2. The van der Waals surface area contributed by atoms with E-state index in [0.717, 1.165) is 0 Å². The summed E-state index contributed by atoms with van der Waals surface area (Å²) in [7, 11) is 0. The van der Waals surface area contributed by atoms with Crippen LogP contribution in [0.5, 0.6) is 0 Å². The number of hydrogen-bond acceptors (Lipinski definition) is 2. The summed E-state index contributed by atoms with van der Waals surface area (Å²) in [6.07, 6.45) is 0. The molecule has 0 fully saturated rings. The molecule has 0 saturated carbocycles. The summed E-state index contributed by atoms with van der Waals surface area (Å²) < 4.78 is 23.2. The molecule has 0 spiro atoms. The third-order valence-corrected chi connectivity index (χ3v) is 1.34. The molecule has 0 unspecified atom stereocenters. The summed E-state index contributed by atoms with van der Waals surface area (Å²) in [5.41, 5.74) is 0. The SMILES string of the molecule is CCN(CC)CC.O=[AsH](O)O. The summed E-state index contributed by atoms with van der Waals surface area (Å²) in [5, 5.41) is 0. The Morgan fingerprint density at radius 3 is 1.27 bits per heavy atom. The standard InChI is InChI=1S/C6H15N.AsH3O3/c1-4-7(5-2)6-3;2-1(3)4/h4-6H2,1-3H3;1H,(H2,2,3,4). The molecule has 70 valence electrons. The summed E-state index contributed by atoms with van der Waals surface area (Å²) in [6.45, 7) is 10.1. The van der Waals surface area contributed by atoms with Crippen molar-refractivity contribution in [1.29, 1.82) is 0 Å². The summed E-state index contributed by atoms with van der Waals surface area (Å²) >= 11 is -3.58. The molecule has 0 amide bonds. The van der Waals surface area contributed by atoms with Crippen LogP contribution in [-0.2, 0) is 3.74 Å². The summed E-state index contributed by atoms with van der Waals surface area (Å²) in [4.78, 5) is 2.38. The minimum absolute atomic E-state index is 1.19. The van der Waals surface area contributed by atoms with E-state index in [2.05, 4.69) is 25.7 Å². The molecule has 2 N–H and O–H groups in total. The first-order valence-electron chi connectivity index (χ1n) is 3.72. The van der Waals surface area contributed by atoms with Gasteiger partial charge in [0.1, 0.15) is 0 Å². The molecule has 0 rings (SSSR count). The minimum atomic E-state index is -3.58. The molecule has 11 heavy (non-hydrogen) atoms. The topological polar surface area (TPSA) is 60.8 Å². The molecule has 0 saturated heterocycles. The molecule has 0 aromatic rings. The van der Waals surface area contributed by atoms with Crippen molar-refractivity contribution in [2.45, 2.75) is 20.8 Å². The van der Waals surface area contributed by atoms with E-state index in [9.17, 15) is 0 Å². The van der Waals surface area contributed by atoms with Crippen molar-refractivity contribution in [2.75, 3.05) is 19.6 Å². The number of nitrogens with zero attached hydrogens (tertiary/aromatic N) is 1. The van der Waals surface area contributed by atoms with E-state index in [1.165, 1.54) is 19.6 Å². The fourth-order valence-electron chi connectivity index (χ4n) is 0.671. The van der Waals surface area contributed by atoms with Crippen molar-refractivity contribution in [1.82, 2.24) is 4.90 Å². The molecule has 0 aliphatic heterocycles. The van der Waals surface area contributed by atoms with Crippen LogP contribution < -0.4 is 0 Å². The second-order valence-electron chi connectivity index (χ2n) is 1.90. The van der Waals surface area contributed by atoms with Gasteiger partial charge in [-0.15, -0.1) is 0 Å². The van der Waals surface area contributed by atoms with Gasteiger partial charge < -0.3 is 4.90 Å². The van der Waals surface area contributed by atoms with Crippen LogP contribution in [-0.4, -0.2) is 48.0 Å². The molecule has 5 heteroatoms. The fraction of sp³-hybridized carbons (Fsp3) is 1.00. The molecule has 0 heterocycles. The molecular formula is C6H18AsNO3. The van der Waals surface area contributed by atoms with E-state index in [4.69, 9.17) is 11.9 Å². The third kappa shape index (κ3) is 17.9. The quantitative estimate of drug-likeness (QED) is 0.636. The Hall–Kier alpha value is 0.238. The van der Waals surface area contributed by atoms with Crippen LogP contribution in [0.15, 0.2) is 0 Å². The summed E-state index contributed by atoms with van der Waals surface area (Å²) in [6, 6.07) is 0. The van der Waals surface area contributed by atoms with Crippen molar-refractivity contribution in [2.24, 2.45) is 0 Å². The molecular weight excluding hydrogens is 209 g/mol. The Morgan fingerprint density at radius 2 is 1.27 bits per heavy atom. The average Bonchev–Trinajstić information content (AvgIpc) is 1.90. The van der Waals surface area contributed by atoms with E-state index >= 15 is 0 Å². The number of rotatable bonds is 3. The molecule has 4 nitrogen and oxygen atoms in total. The zero-order valence-corrected chi connectivity index (χ0v) is 9.47. The van der Waals surface area contributed by atoms with Crippen molar-refractivity contribution >= 4 is 15.3 Å². The maximum absolute atomic E-state index is 8.81. The average molecular weight is 227 g/mol. The Morgan fingerprint density at radius 1 is 1.09 bits per heavy atom. The fourth-order valence-corrected chi connectivity index (χ4v) is 0.671. The molecule has 0 aliphatic rings. The van der Waals surface area contributed by atoms with Crippen molar-refractivity contribution in [3.63, 3.8) is 0 Å². The molecule has 0 radical (unpaired) electrons. The van der Waals surface area contributed by atoms with E-state index in [-0.39, 0.29) is 0 Å². The monoisotopic (exact) mass is 227 g/mol. The van der Waals surface area contributed by atoms with Gasteiger partial charge in [0.05, 0.1) is 0 Å². The van der Waals surface area contributed by atoms with E-state index in [0.29, 0.717) is 0 Å². The van der Waals surface area contributed by atoms with E-state index in [1.54, 1.807) is 0 Å². The van der Waals surface area contributed by atoms with Crippen LogP contribution in [0.3, 0.4) is 0 Å². The zero-order valence-electron chi connectivity index (χ0n) is 7.37. The van der Waals surface area contributed by atoms with Crippen LogP contribution in [0.25, 0.3) is 0 Å². The third-order valence-electron chi connectivity index (χ3n) is 1.34. The van der Waals surface area contributed by atoms with Gasteiger partial charge in [-0.3, -0.25) is 0 Å². The van der Waals surface area contributed by atoms with Crippen LogP contribution in [0.1, 0.15) is 20.8 Å². The van der Waals surface area contributed by atoms with Gasteiger partial charge in [-0.05, 0) is 19.6 Å². The van der Waals surface area contributed by atoms with Gasteiger partial charge >= 0.3 is 27.2 Å². The zero-order chi connectivity index (χ0) is 9.28. The Kier molecular flexibility index (Phi) is 12.8. The predicted octanol–water partition coefficient (Wildman–Crippen LogP) is -0.533. The normalized spacial score (nSPS) is 9.73. The molecule has 0 atom stereocenters. The van der Waals surface area contributed by atoms with Crippen LogP contribution in [0.2, 0.25) is 0 Å². The molecule has 0 aliphatic carbocycles. The van der Waals surface area contributed by atoms with Crippen molar-refractivity contribution in [3.05, 3.63) is 0 Å². The van der Waals surface area contributed by atoms with Crippen LogP contribution in [0, 0.1) is 0 Å². The van der Waals surface area contributed by atoms with E-state index < -0.39 is 15.3 Å². The number of hydrogen-bond donors (Lipinski definition) is 2. The van der Waals surface area contributed by atoms with Gasteiger partial charge in [0.25, 0.3) is 0 Å². The van der Waals surface area contributed by atoms with Gasteiger partial charge in [-0.1, -0.05) is 20.8 Å². The van der Waals surface area contributed by atoms with Gasteiger partial charge in [0.2, 0.25) is 0 Å². The van der Waals surface area contributed by atoms with E-state index in [1.807, 2.05) is 0 Å². The van der Waals surface area contributed by atoms with Gasteiger partial charge in [-0.25, -0.2) is 0 Å². The van der Waals surface area contributed by atoms with Crippen LogP contribution >= 0.6 is 0 Å². The maximum atomic E-state index is 8.81.